The first kappa shape index (κ1) is 25.1. The maximum absolute atomic E-state index is 13.3. The summed E-state index contributed by atoms with van der Waals surface area (Å²) in [5.41, 5.74) is 0.720. The SMILES string of the molecule is CCC(C(=O)NCC(C)C)N(Cc1ccc(F)cc1)C(=O)COc1ccc(Cl)cc1Br. The van der Waals surface area contributed by atoms with Gasteiger partial charge in [0, 0.05) is 18.1 Å². The Bertz CT molecular complexity index is 893. The van der Waals surface area contributed by atoms with Gasteiger partial charge in [0.1, 0.15) is 17.6 Å². The molecule has 0 fully saturated rings. The zero-order chi connectivity index (χ0) is 23.0. The number of amides is 2. The fourth-order valence-corrected chi connectivity index (χ4v) is 3.74. The molecule has 0 spiro atoms. The zero-order valence-corrected chi connectivity index (χ0v) is 20.2. The van der Waals surface area contributed by atoms with Crippen LogP contribution in [0.5, 0.6) is 5.75 Å². The first-order chi connectivity index (χ1) is 14.7. The lowest BCUT2D eigenvalue weighted by Gasteiger charge is -2.31. The molecule has 0 aromatic heterocycles. The van der Waals surface area contributed by atoms with Crippen LogP contribution in [0.1, 0.15) is 32.8 Å². The predicted molar refractivity (Wildman–Crippen MR) is 124 cm³/mol. The molecule has 2 aromatic carbocycles. The van der Waals surface area contributed by atoms with Gasteiger partial charge >= 0.3 is 0 Å². The van der Waals surface area contributed by atoms with Crippen molar-refractivity contribution in [2.24, 2.45) is 5.92 Å². The number of halogens is 3. The van der Waals surface area contributed by atoms with Gasteiger partial charge in [-0.3, -0.25) is 9.59 Å². The van der Waals surface area contributed by atoms with Gasteiger partial charge < -0.3 is 15.0 Å². The fourth-order valence-electron chi connectivity index (χ4n) is 2.94. The second-order valence-corrected chi connectivity index (χ2v) is 8.87. The molecule has 0 heterocycles. The Morgan fingerprint density at radius 1 is 1.19 bits per heavy atom. The van der Waals surface area contributed by atoms with Gasteiger partial charge in [0.15, 0.2) is 6.61 Å². The normalized spacial score (nSPS) is 11.8. The molecule has 8 heteroatoms. The number of rotatable bonds is 10. The zero-order valence-electron chi connectivity index (χ0n) is 17.8. The van der Waals surface area contributed by atoms with Crippen LogP contribution in [0.15, 0.2) is 46.9 Å². The summed E-state index contributed by atoms with van der Waals surface area (Å²) in [6.07, 6.45) is 0.432. The first-order valence-electron chi connectivity index (χ1n) is 10.1. The van der Waals surface area contributed by atoms with Gasteiger partial charge in [0.05, 0.1) is 4.47 Å². The molecule has 31 heavy (non-hydrogen) atoms. The van der Waals surface area contributed by atoms with Crippen molar-refractivity contribution in [3.05, 3.63) is 63.3 Å². The summed E-state index contributed by atoms with van der Waals surface area (Å²) in [7, 11) is 0. The molecular formula is C23H27BrClFN2O3. The van der Waals surface area contributed by atoms with Crippen LogP contribution >= 0.6 is 27.5 Å². The van der Waals surface area contributed by atoms with E-state index in [4.69, 9.17) is 16.3 Å². The average Bonchev–Trinajstić information content (AvgIpc) is 2.72. The van der Waals surface area contributed by atoms with E-state index < -0.39 is 6.04 Å². The minimum Gasteiger partial charge on any atom is -0.483 e. The van der Waals surface area contributed by atoms with Crippen LogP contribution in [0.2, 0.25) is 5.02 Å². The summed E-state index contributed by atoms with van der Waals surface area (Å²) >= 11 is 9.31. The van der Waals surface area contributed by atoms with Crippen LogP contribution in [0.3, 0.4) is 0 Å². The number of hydrogen-bond donors (Lipinski definition) is 1. The van der Waals surface area contributed by atoms with Gasteiger partial charge in [-0.2, -0.15) is 0 Å². The maximum atomic E-state index is 13.3. The fraction of sp³-hybridized carbons (Fsp3) is 0.391. The van der Waals surface area contributed by atoms with Gasteiger partial charge in [0.25, 0.3) is 5.91 Å². The second kappa shape index (κ2) is 12.1. The Morgan fingerprint density at radius 3 is 2.45 bits per heavy atom. The van der Waals surface area contributed by atoms with Crippen molar-refractivity contribution in [2.45, 2.75) is 39.8 Å². The topological polar surface area (TPSA) is 58.6 Å². The summed E-state index contributed by atoms with van der Waals surface area (Å²) in [6, 6.07) is 10.2. The van der Waals surface area contributed by atoms with Gasteiger partial charge in [0.2, 0.25) is 5.91 Å². The molecule has 2 aromatic rings. The lowest BCUT2D eigenvalue weighted by atomic mass is 10.1. The van der Waals surface area contributed by atoms with Gasteiger partial charge in [-0.25, -0.2) is 4.39 Å². The summed E-state index contributed by atoms with van der Waals surface area (Å²) in [5, 5.41) is 3.43. The highest BCUT2D eigenvalue weighted by Gasteiger charge is 2.29. The summed E-state index contributed by atoms with van der Waals surface area (Å²) in [6.45, 7) is 6.28. The molecular weight excluding hydrogens is 487 g/mol. The van der Waals surface area contributed by atoms with Crippen LogP contribution in [0.25, 0.3) is 0 Å². The largest absolute Gasteiger partial charge is 0.483 e. The molecule has 1 N–H and O–H groups in total. The minimum absolute atomic E-state index is 0.165. The standard InChI is InChI=1S/C23H27BrClFN2O3/c1-4-20(23(30)27-12-15(2)3)28(13-16-5-8-18(26)9-6-16)22(29)14-31-21-10-7-17(25)11-19(21)24/h5-11,15,20H,4,12-14H2,1-3H3,(H,27,30). The van der Waals surface area contributed by atoms with Gasteiger partial charge in [-0.05, 0) is 64.2 Å². The molecule has 0 radical (unpaired) electrons. The monoisotopic (exact) mass is 512 g/mol. The van der Waals surface area contributed by atoms with E-state index in [0.29, 0.717) is 28.2 Å². The summed E-state index contributed by atoms with van der Waals surface area (Å²) < 4.78 is 19.6. The maximum Gasteiger partial charge on any atom is 0.261 e. The van der Waals surface area contributed by atoms with Crippen molar-refractivity contribution < 1.29 is 18.7 Å². The summed E-state index contributed by atoms with van der Waals surface area (Å²) in [4.78, 5) is 27.4. The van der Waals surface area contributed by atoms with E-state index >= 15 is 0 Å². The van der Waals surface area contributed by atoms with E-state index in [1.165, 1.54) is 17.0 Å². The van der Waals surface area contributed by atoms with E-state index in [9.17, 15) is 14.0 Å². The van der Waals surface area contributed by atoms with Crippen molar-refractivity contribution in [1.29, 1.82) is 0 Å². The van der Waals surface area contributed by atoms with E-state index in [1.54, 1.807) is 30.3 Å². The van der Waals surface area contributed by atoms with Gasteiger partial charge in [-0.15, -0.1) is 0 Å². The molecule has 0 bridgehead atoms. The van der Waals surface area contributed by atoms with Crippen molar-refractivity contribution in [1.82, 2.24) is 10.2 Å². The Morgan fingerprint density at radius 2 is 1.87 bits per heavy atom. The van der Waals surface area contributed by atoms with Crippen molar-refractivity contribution in [2.75, 3.05) is 13.2 Å². The molecule has 1 atom stereocenters. The van der Waals surface area contributed by atoms with E-state index in [2.05, 4.69) is 21.2 Å². The first-order valence-corrected chi connectivity index (χ1v) is 11.3. The third-order valence-electron chi connectivity index (χ3n) is 4.58. The Hall–Kier alpha value is -2.12. The lowest BCUT2D eigenvalue weighted by Crippen LogP contribution is -2.50. The molecule has 0 saturated heterocycles. The Kier molecular flexibility index (Phi) is 9.78. The number of ether oxygens (including phenoxy) is 1. The molecule has 0 saturated carbocycles. The quantitative estimate of drug-likeness (QED) is 0.475. The molecule has 0 aliphatic heterocycles. The van der Waals surface area contributed by atoms with Gasteiger partial charge in [-0.1, -0.05) is 44.5 Å². The van der Waals surface area contributed by atoms with E-state index in [1.807, 2.05) is 20.8 Å². The average molecular weight is 514 g/mol. The molecule has 0 aliphatic carbocycles. The third kappa shape index (κ3) is 7.82. The van der Waals surface area contributed by atoms with Crippen LogP contribution in [-0.2, 0) is 16.1 Å². The predicted octanol–water partition coefficient (Wildman–Crippen LogP) is 5.20. The molecule has 1 unspecified atom stereocenters. The number of carbonyl (C=O) groups excluding carboxylic acids is 2. The highest BCUT2D eigenvalue weighted by molar-refractivity contribution is 9.10. The number of benzene rings is 2. The number of nitrogens with zero attached hydrogens (tertiary/aromatic N) is 1. The van der Waals surface area contributed by atoms with Crippen molar-refractivity contribution in [3.63, 3.8) is 0 Å². The van der Waals surface area contributed by atoms with Crippen molar-refractivity contribution in [3.8, 4) is 5.75 Å². The van der Waals surface area contributed by atoms with Crippen LogP contribution < -0.4 is 10.1 Å². The van der Waals surface area contributed by atoms with Crippen molar-refractivity contribution >= 4 is 39.3 Å². The molecule has 2 amide bonds. The number of carbonyl (C=O) groups is 2. The van der Waals surface area contributed by atoms with E-state index in [-0.39, 0.29) is 36.7 Å². The molecule has 2 rings (SSSR count). The number of nitrogens with one attached hydrogen (secondary N) is 1. The second-order valence-electron chi connectivity index (χ2n) is 7.57. The van der Waals surface area contributed by atoms with E-state index in [0.717, 1.165) is 5.56 Å². The Labute approximate surface area is 196 Å². The van der Waals surface area contributed by atoms with Crippen LogP contribution in [0, 0.1) is 11.7 Å². The highest BCUT2D eigenvalue weighted by atomic mass is 79.9. The lowest BCUT2D eigenvalue weighted by molar-refractivity contribution is -0.143. The number of hydrogen-bond acceptors (Lipinski definition) is 3. The minimum atomic E-state index is -0.673. The highest BCUT2D eigenvalue weighted by Crippen LogP contribution is 2.28. The Balaban J connectivity index is 2.20. The molecule has 5 nitrogen and oxygen atoms in total. The molecule has 0 aliphatic rings. The summed E-state index contributed by atoms with van der Waals surface area (Å²) in [5.74, 6) is -0.179. The smallest absolute Gasteiger partial charge is 0.261 e. The third-order valence-corrected chi connectivity index (χ3v) is 5.44. The van der Waals surface area contributed by atoms with Crippen LogP contribution in [0.4, 0.5) is 4.39 Å². The molecule has 168 valence electrons. The van der Waals surface area contributed by atoms with Crippen LogP contribution in [-0.4, -0.2) is 35.9 Å².